The Balaban J connectivity index is 2.45. The van der Waals surface area contributed by atoms with Crippen LogP contribution in [0.1, 0.15) is 68.8 Å². The second-order valence-corrected chi connectivity index (χ2v) is 13.5. The second kappa shape index (κ2) is 19.2. The molecular weight excluding hydrogens is 600 g/mol. The van der Waals surface area contributed by atoms with E-state index in [9.17, 15) is 33.0 Å². The highest BCUT2D eigenvalue weighted by Crippen LogP contribution is 2.18. The van der Waals surface area contributed by atoms with Crippen molar-refractivity contribution in [3.8, 4) is 0 Å². The van der Waals surface area contributed by atoms with Gasteiger partial charge in [0.2, 0.25) is 11.8 Å². The minimum absolute atomic E-state index is 0.0617. The number of rotatable bonds is 20. The molecule has 45 heavy (non-hydrogen) atoms. The van der Waals surface area contributed by atoms with E-state index in [1.807, 2.05) is 13.8 Å². The fraction of sp³-hybridized carbons (Fsp3) is 0.562. The van der Waals surface area contributed by atoms with E-state index in [-0.39, 0.29) is 25.0 Å². The van der Waals surface area contributed by atoms with E-state index >= 15 is 0 Å². The summed E-state index contributed by atoms with van der Waals surface area (Å²) < 4.78 is 32.2. The van der Waals surface area contributed by atoms with Crippen molar-refractivity contribution < 1.29 is 37.8 Å². The summed E-state index contributed by atoms with van der Waals surface area (Å²) in [5.41, 5.74) is 0.857. The largest absolute Gasteiger partial charge is 0.388 e. The first-order chi connectivity index (χ1) is 21.4. The molecule has 1 heterocycles. The molecule has 0 saturated heterocycles. The van der Waals surface area contributed by atoms with Crippen LogP contribution in [0.4, 0.5) is 0 Å². The Morgan fingerprint density at radius 1 is 0.889 bits per heavy atom. The summed E-state index contributed by atoms with van der Waals surface area (Å²) in [4.78, 5) is 42.8. The molecule has 0 radical (unpaired) electrons. The lowest BCUT2D eigenvalue weighted by atomic mass is 9.92. The number of aromatic nitrogens is 1. The van der Waals surface area contributed by atoms with E-state index in [2.05, 4.69) is 20.9 Å². The van der Waals surface area contributed by atoms with E-state index in [0.29, 0.717) is 25.7 Å². The minimum atomic E-state index is -3.85. The molecule has 3 amide bonds. The number of nitrogens with one attached hydrogen (secondary N) is 3. The topological polar surface area (TPSA) is 184 Å². The third kappa shape index (κ3) is 12.5. The number of aliphatic hydroxyl groups excluding tert-OH is 2. The van der Waals surface area contributed by atoms with E-state index in [0.717, 1.165) is 5.56 Å². The lowest BCUT2D eigenvalue weighted by molar-refractivity contribution is -0.126. The molecule has 0 bridgehead atoms. The molecule has 0 fully saturated rings. The maximum atomic E-state index is 13.9. The van der Waals surface area contributed by atoms with Gasteiger partial charge in [-0.1, -0.05) is 57.0 Å². The lowest BCUT2D eigenvalue weighted by Gasteiger charge is -2.33. The predicted octanol–water partition coefficient (Wildman–Crippen LogP) is 1.55. The van der Waals surface area contributed by atoms with Gasteiger partial charge >= 0.3 is 0 Å². The van der Waals surface area contributed by atoms with Crippen LogP contribution < -0.4 is 16.0 Å². The van der Waals surface area contributed by atoms with Gasteiger partial charge in [0.1, 0.15) is 18.2 Å². The summed E-state index contributed by atoms with van der Waals surface area (Å²) in [5, 5.41) is 29.8. The van der Waals surface area contributed by atoms with Crippen LogP contribution in [0.15, 0.2) is 54.9 Å². The standard InChI is InChI=1S/C32H48N4O8S/c1-5-11-25(12-6-2)45(42,43)21-28(36-31(40)24-15-10-17-33-20-24)32(41)35-27(19-23-13-8-7-9-14-23)30(39)29(38)26(16-18-44-4)34-22(3)37/h7-10,13-15,17,20,25-30,38-39H,5-6,11-12,16,18-19,21H2,1-4H3,(H,34,37)(H,35,41)(H,36,40)/t26-,27+,28-,29-,30-/m1/s1. The quantitative estimate of drug-likeness (QED) is 0.142. The van der Waals surface area contributed by atoms with Crippen molar-refractivity contribution in [2.75, 3.05) is 19.5 Å². The first-order valence-electron chi connectivity index (χ1n) is 15.3. The van der Waals surface area contributed by atoms with Crippen molar-refractivity contribution in [2.45, 2.75) is 94.9 Å². The first-order valence-corrected chi connectivity index (χ1v) is 17.0. The maximum Gasteiger partial charge on any atom is 0.253 e. The van der Waals surface area contributed by atoms with E-state index < -0.39 is 68.9 Å². The maximum absolute atomic E-state index is 13.9. The van der Waals surface area contributed by atoms with E-state index in [4.69, 9.17) is 4.74 Å². The van der Waals surface area contributed by atoms with Crippen LogP contribution in [0.5, 0.6) is 0 Å². The number of benzene rings is 1. The SMILES string of the molecule is CCCC(CCC)S(=O)(=O)C[C@@H](NC(=O)c1cccnc1)C(=O)N[C@@H](Cc1ccccc1)[C@@H](O)[C@H](O)[C@@H](CCOC)NC(C)=O. The van der Waals surface area contributed by atoms with Crippen LogP contribution in [0.3, 0.4) is 0 Å². The highest BCUT2D eigenvalue weighted by molar-refractivity contribution is 7.92. The zero-order valence-corrected chi connectivity index (χ0v) is 27.3. The van der Waals surface area contributed by atoms with Gasteiger partial charge in [-0.05, 0) is 43.4 Å². The molecule has 0 aliphatic carbocycles. The van der Waals surface area contributed by atoms with Gasteiger partial charge in [-0.2, -0.15) is 0 Å². The fourth-order valence-electron chi connectivity index (χ4n) is 5.16. The van der Waals surface area contributed by atoms with Crippen LogP contribution in [0, 0.1) is 0 Å². The smallest absolute Gasteiger partial charge is 0.253 e. The van der Waals surface area contributed by atoms with E-state index in [1.165, 1.54) is 32.5 Å². The van der Waals surface area contributed by atoms with Crippen molar-refractivity contribution in [1.29, 1.82) is 0 Å². The highest BCUT2D eigenvalue weighted by Gasteiger charge is 2.37. The summed E-state index contributed by atoms with van der Waals surface area (Å²) in [6, 6.07) is 8.40. The number of methoxy groups -OCH3 is 1. The molecule has 2 aromatic rings. The normalized spacial score (nSPS) is 15.0. The van der Waals surface area contributed by atoms with Gasteiger partial charge in [0, 0.05) is 33.0 Å². The number of nitrogens with zero attached hydrogens (tertiary/aromatic N) is 1. The summed E-state index contributed by atoms with van der Waals surface area (Å²) >= 11 is 0. The van der Waals surface area contributed by atoms with Gasteiger partial charge in [-0.25, -0.2) is 8.42 Å². The van der Waals surface area contributed by atoms with Crippen LogP contribution in [-0.4, -0.2) is 96.4 Å². The Kier molecular flexibility index (Phi) is 16.1. The molecule has 0 unspecified atom stereocenters. The van der Waals surface area contributed by atoms with Gasteiger partial charge in [-0.15, -0.1) is 0 Å². The molecule has 1 aromatic carbocycles. The molecule has 12 nitrogen and oxygen atoms in total. The number of ether oxygens (including phenoxy) is 1. The van der Waals surface area contributed by atoms with Crippen LogP contribution in [0.25, 0.3) is 0 Å². The Hall–Kier alpha value is -3.39. The summed E-state index contributed by atoms with van der Waals surface area (Å²) in [7, 11) is -2.39. The van der Waals surface area contributed by atoms with Crippen LogP contribution >= 0.6 is 0 Å². The molecule has 0 spiro atoms. The zero-order chi connectivity index (χ0) is 33.4. The van der Waals surface area contributed by atoms with Crippen molar-refractivity contribution in [3.05, 3.63) is 66.0 Å². The number of aliphatic hydroxyl groups is 2. The predicted molar refractivity (Wildman–Crippen MR) is 171 cm³/mol. The van der Waals surface area contributed by atoms with Gasteiger partial charge < -0.3 is 30.9 Å². The third-order valence-corrected chi connectivity index (χ3v) is 9.78. The number of hydrogen-bond acceptors (Lipinski definition) is 9. The van der Waals surface area contributed by atoms with Crippen molar-refractivity contribution >= 4 is 27.6 Å². The Labute approximate surface area is 266 Å². The average molecular weight is 649 g/mol. The molecule has 2 rings (SSSR count). The van der Waals surface area contributed by atoms with Crippen LogP contribution in [-0.2, 0) is 30.6 Å². The zero-order valence-electron chi connectivity index (χ0n) is 26.5. The summed E-state index contributed by atoms with van der Waals surface area (Å²) in [6.07, 6.45) is 1.98. The van der Waals surface area contributed by atoms with Gasteiger partial charge in [-0.3, -0.25) is 19.4 Å². The van der Waals surface area contributed by atoms with Crippen LogP contribution in [0.2, 0.25) is 0 Å². The molecule has 0 aliphatic rings. The van der Waals surface area contributed by atoms with Gasteiger partial charge in [0.05, 0.1) is 28.6 Å². The minimum Gasteiger partial charge on any atom is -0.388 e. The van der Waals surface area contributed by atoms with Crippen molar-refractivity contribution in [2.24, 2.45) is 0 Å². The monoisotopic (exact) mass is 648 g/mol. The third-order valence-electron chi connectivity index (χ3n) is 7.50. The van der Waals surface area contributed by atoms with Crippen molar-refractivity contribution in [1.82, 2.24) is 20.9 Å². The van der Waals surface area contributed by atoms with Gasteiger partial charge in [0.25, 0.3) is 5.91 Å². The summed E-state index contributed by atoms with van der Waals surface area (Å²) in [5.74, 6) is -2.62. The molecule has 0 aliphatic heterocycles. The highest BCUT2D eigenvalue weighted by atomic mass is 32.2. The number of carbonyl (C=O) groups excluding carboxylic acids is 3. The number of sulfone groups is 1. The lowest BCUT2D eigenvalue weighted by Crippen LogP contribution is -2.60. The fourth-order valence-corrected chi connectivity index (χ4v) is 7.32. The molecule has 1 aromatic heterocycles. The van der Waals surface area contributed by atoms with Gasteiger partial charge in [0.15, 0.2) is 9.84 Å². The van der Waals surface area contributed by atoms with E-state index in [1.54, 1.807) is 36.4 Å². The second-order valence-electron chi connectivity index (χ2n) is 11.2. The number of pyridine rings is 1. The Morgan fingerprint density at radius 3 is 2.09 bits per heavy atom. The summed E-state index contributed by atoms with van der Waals surface area (Å²) in [6.45, 7) is 5.23. The number of hydrogen-bond donors (Lipinski definition) is 5. The Bertz CT molecular complexity index is 1290. The first kappa shape index (κ1) is 37.8. The molecular formula is C32H48N4O8S. The molecule has 250 valence electrons. The molecule has 5 N–H and O–H groups in total. The Morgan fingerprint density at radius 2 is 1.53 bits per heavy atom. The number of carbonyl (C=O) groups is 3. The van der Waals surface area contributed by atoms with Crippen molar-refractivity contribution in [3.63, 3.8) is 0 Å². The molecule has 5 atom stereocenters. The average Bonchev–Trinajstić information content (AvgIpc) is 3.02. The molecule has 0 saturated carbocycles. The molecule has 13 heteroatoms. The number of amides is 3.